The van der Waals surface area contributed by atoms with Gasteiger partial charge in [-0.2, -0.15) is 13.2 Å². The zero-order valence-electron chi connectivity index (χ0n) is 14.3. The normalized spacial score (nSPS) is 16.8. The third-order valence-electron chi connectivity index (χ3n) is 4.69. The third-order valence-corrected chi connectivity index (χ3v) is 4.69. The van der Waals surface area contributed by atoms with Gasteiger partial charge in [-0.25, -0.2) is 0 Å². The Morgan fingerprint density at radius 2 is 1.65 bits per heavy atom. The molecule has 0 heterocycles. The Bertz CT molecular complexity index is 766. The Hall–Kier alpha value is -2.34. The molecule has 1 fully saturated rings. The lowest BCUT2D eigenvalue weighted by Crippen LogP contribution is -2.39. The average Bonchev–Trinajstić information content (AvgIpc) is 3.44. The van der Waals surface area contributed by atoms with E-state index >= 15 is 0 Å². The summed E-state index contributed by atoms with van der Waals surface area (Å²) in [6.45, 7) is 1.17. The fourth-order valence-electron chi connectivity index (χ4n) is 2.80. The van der Waals surface area contributed by atoms with Crippen molar-refractivity contribution in [2.24, 2.45) is 0 Å². The zero-order valence-corrected chi connectivity index (χ0v) is 14.3. The Morgan fingerprint density at radius 3 is 2.15 bits per heavy atom. The van der Waals surface area contributed by atoms with E-state index in [1.54, 1.807) is 4.90 Å². The molecule has 0 aromatic heterocycles. The lowest BCUT2D eigenvalue weighted by Gasteiger charge is -2.27. The maximum absolute atomic E-state index is 12.9. The molecule has 1 amide bonds. The van der Waals surface area contributed by atoms with E-state index < -0.39 is 11.8 Å². The average molecular weight is 363 g/mol. The molecule has 3 rings (SSSR count). The van der Waals surface area contributed by atoms with E-state index in [9.17, 15) is 23.1 Å². The molecule has 6 heteroatoms. The van der Waals surface area contributed by atoms with Gasteiger partial charge in [0.15, 0.2) is 5.60 Å². The van der Waals surface area contributed by atoms with E-state index in [1.807, 2.05) is 30.3 Å². The molecule has 0 radical (unpaired) electrons. The fraction of sp³-hybridized carbons (Fsp3) is 0.350. The molecule has 138 valence electrons. The highest BCUT2D eigenvalue weighted by Gasteiger charge is 2.51. The Labute approximate surface area is 150 Å². The van der Waals surface area contributed by atoms with Gasteiger partial charge in [-0.1, -0.05) is 42.5 Å². The molecule has 2 aromatic rings. The van der Waals surface area contributed by atoms with Crippen molar-refractivity contribution in [1.82, 2.24) is 4.90 Å². The number of hydrogen-bond acceptors (Lipinski definition) is 2. The van der Waals surface area contributed by atoms with E-state index in [-0.39, 0.29) is 17.5 Å². The first-order valence-electron chi connectivity index (χ1n) is 8.44. The summed E-state index contributed by atoms with van der Waals surface area (Å²) in [5.74, 6) is -0.213. The van der Waals surface area contributed by atoms with Crippen molar-refractivity contribution >= 4 is 5.91 Å². The lowest BCUT2D eigenvalue weighted by molar-refractivity contribution is -0.258. The van der Waals surface area contributed by atoms with Crippen LogP contribution in [0.4, 0.5) is 13.2 Å². The summed E-state index contributed by atoms with van der Waals surface area (Å²) in [7, 11) is 0. The molecule has 2 aromatic carbocycles. The van der Waals surface area contributed by atoms with Gasteiger partial charge in [0.2, 0.25) is 0 Å². The van der Waals surface area contributed by atoms with Crippen LogP contribution in [0.2, 0.25) is 0 Å². The first kappa shape index (κ1) is 18.5. The third kappa shape index (κ3) is 3.75. The fourth-order valence-corrected chi connectivity index (χ4v) is 2.80. The molecule has 1 saturated carbocycles. The first-order chi connectivity index (χ1) is 12.2. The summed E-state index contributed by atoms with van der Waals surface area (Å²) in [5.41, 5.74) is -1.92. The van der Waals surface area contributed by atoms with Crippen molar-refractivity contribution in [1.29, 1.82) is 0 Å². The van der Waals surface area contributed by atoms with E-state index in [2.05, 4.69) is 0 Å². The SMILES string of the molecule is CC(O)(c1ccc(C(=O)N(Cc2ccccc2)C2CC2)cc1)C(F)(F)F. The summed E-state index contributed by atoms with van der Waals surface area (Å²) in [6, 6.07) is 14.8. The molecule has 1 aliphatic rings. The van der Waals surface area contributed by atoms with E-state index in [4.69, 9.17) is 0 Å². The number of benzene rings is 2. The molecular formula is C20H20F3NO2. The largest absolute Gasteiger partial charge is 0.421 e. The molecule has 3 nitrogen and oxygen atoms in total. The number of amides is 1. The molecular weight excluding hydrogens is 343 g/mol. The van der Waals surface area contributed by atoms with Gasteiger partial charge in [-0.3, -0.25) is 4.79 Å². The second-order valence-electron chi connectivity index (χ2n) is 6.80. The number of nitrogens with zero attached hydrogens (tertiary/aromatic N) is 1. The van der Waals surface area contributed by atoms with Gasteiger partial charge >= 0.3 is 6.18 Å². The zero-order chi connectivity index (χ0) is 18.9. The van der Waals surface area contributed by atoms with Crippen LogP contribution in [0.25, 0.3) is 0 Å². The summed E-state index contributed by atoms with van der Waals surface area (Å²) in [5, 5.41) is 9.73. The number of rotatable bonds is 5. The number of carbonyl (C=O) groups is 1. The summed E-state index contributed by atoms with van der Waals surface area (Å²) < 4.78 is 38.8. The standard InChI is InChI=1S/C20H20F3NO2/c1-19(26,20(21,22)23)16-9-7-15(8-10-16)18(25)24(17-11-12-17)13-14-5-3-2-4-6-14/h2-10,17,26H,11-13H2,1H3. The van der Waals surface area contributed by atoms with Crippen molar-refractivity contribution in [2.45, 2.75) is 44.1 Å². The van der Waals surface area contributed by atoms with Crippen LogP contribution in [-0.4, -0.2) is 28.1 Å². The van der Waals surface area contributed by atoms with Crippen LogP contribution in [0, 0.1) is 0 Å². The Kier molecular flexibility index (Phi) is 4.80. The van der Waals surface area contributed by atoms with Crippen molar-refractivity contribution in [3.8, 4) is 0 Å². The Morgan fingerprint density at radius 1 is 1.08 bits per heavy atom. The minimum atomic E-state index is -4.79. The highest BCUT2D eigenvalue weighted by atomic mass is 19.4. The van der Waals surface area contributed by atoms with Gasteiger partial charge in [0.25, 0.3) is 5.91 Å². The van der Waals surface area contributed by atoms with Gasteiger partial charge in [-0.15, -0.1) is 0 Å². The molecule has 1 aliphatic carbocycles. The predicted molar refractivity (Wildman–Crippen MR) is 91.4 cm³/mol. The van der Waals surface area contributed by atoms with E-state index in [0.29, 0.717) is 19.0 Å². The molecule has 0 bridgehead atoms. The lowest BCUT2D eigenvalue weighted by atomic mass is 9.94. The molecule has 1 atom stereocenters. The molecule has 1 N–H and O–H groups in total. The predicted octanol–water partition coefficient (Wildman–Crippen LogP) is 4.26. The minimum Gasteiger partial charge on any atom is -0.376 e. The van der Waals surface area contributed by atoms with Gasteiger partial charge in [0.05, 0.1) is 0 Å². The summed E-state index contributed by atoms with van der Waals surface area (Å²) in [6.07, 6.45) is -2.93. The quantitative estimate of drug-likeness (QED) is 0.862. The number of carbonyl (C=O) groups excluding carboxylic acids is 1. The highest BCUT2D eigenvalue weighted by Crippen LogP contribution is 2.38. The van der Waals surface area contributed by atoms with Gasteiger partial charge in [-0.05, 0) is 43.0 Å². The minimum absolute atomic E-state index is 0.167. The molecule has 0 saturated heterocycles. The Balaban J connectivity index is 1.80. The maximum atomic E-state index is 12.9. The van der Waals surface area contributed by atoms with E-state index in [0.717, 1.165) is 30.5 Å². The number of alkyl halides is 3. The number of halogens is 3. The smallest absolute Gasteiger partial charge is 0.376 e. The highest BCUT2D eigenvalue weighted by molar-refractivity contribution is 5.94. The van der Waals surface area contributed by atoms with E-state index in [1.165, 1.54) is 12.1 Å². The molecule has 0 spiro atoms. The van der Waals surface area contributed by atoms with Crippen LogP contribution in [0.15, 0.2) is 54.6 Å². The molecule has 1 unspecified atom stereocenters. The van der Waals surface area contributed by atoms with Crippen LogP contribution >= 0.6 is 0 Å². The maximum Gasteiger partial charge on any atom is 0.421 e. The van der Waals surface area contributed by atoms with Crippen molar-refractivity contribution in [3.63, 3.8) is 0 Å². The van der Waals surface area contributed by atoms with Crippen molar-refractivity contribution in [3.05, 3.63) is 71.3 Å². The second-order valence-corrected chi connectivity index (χ2v) is 6.80. The van der Waals surface area contributed by atoms with Crippen molar-refractivity contribution in [2.75, 3.05) is 0 Å². The number of aliphatic hydroxyl groups is 1. The monoisotopic (exact) mass is 363 g/mol. The van der Waals surface area contributed by atoms with Crippen LogP contribution in [0.3, 0.4) is 0 Å². The van der Waals surface area contributed by atoms with Gasteiger partial charge < -0.3 is 10.0 Å². The van der Waals surface area contributed by atoms with Crippen LogP contribution in [-0.2, 0) is 12.1 Å². The van der Waals surface area contributed by atoms with Gasteiger partial charge in [0.1, 0.15) is 0 Å². The summed E-state index contributed by atoms with van der Waals surface area (Å²) >= 11 is 0. The van der Waals surface area contributed by atoms with Crippen LogP contribution < -0.4 is 0 Å². The number of hydrogen-bond donors (Lipinski definition) is 1. The van der Waals surface area contributed by atoms with Crippen LogP contribution in [0.1, 0.15) is 41.3 Å². The van der Waals surface area contributed by atoms with Crippen LogP contribution in [0.5, 0.6) is 0 Å². The molecule has 26 heavy (non-hydrogen) atoms. The topological polar surface area (TPSA) is 40.5 Å². The summed E-state index contributed by atoms with van der Waals surface area (Å²) in [4.78, 5) is 14.6. The van der Waals surface area contributed by atoms with Crippen molar-refractivity contribution < 1.29 is 23.1 Å². The molecule has 0 aliphatic heterocycles. The van der Waals surface area contributed by atoms with Gasteiger partial charge in [0, 0.05) is 18.2 Å². The second kappa shape index (κ2) is 6.76. The first-order valence-corrected chi connectivity index (χ1v) is 8.44.